The van der Waals surface area contributed by atoms with Gasteiger partial charge in [0, 0.05) is 10.9 Å². The number of carbonyl (C=O) groups is 2. The van der Waals surface area contributed by atoms with Gasteiger partial charge in [-0.1, -0.05) is 54.6 Å². The van der Waals surface area contributed by atoms with Crippen LogP contribution in [0.4, 0.5) is 0 Å². The molecule has 132 valence electrons. The molecule has 0 saturated heterocycles. The molecule has 0 aliphatic rings. The van der Waals surface area contributed by atoms with Gasteiger partial charge in [-0.2, -0.15) is 0 Å². The second kappa shape index (κ2) is 7.80. The van der Waals surface area contributed by atoms with E-state index in [0.29, 0.717) is 17.7 Å². The summed E-state index contributed by atoms with van der Waals surface area (Å²) in [5.41, 5.74) is 7.22. The van der Waals surface area contributed by atoms with Crippen molar-refractivity contribution in [2.75, 3.05) is 7.11 Å². The molecule has 3 N–H and O–H groups in total. The minimum atomic E-state index is -0.802. The van der Waals surface area contributed by atoms with Crippen molar-refractivity contribution in [1.82, 2.24) is 5.32 Å². The first kappa shape index (κ1) is 17.6. The van der Waals surface area contributed by atoms with E-state index in [1.54, 1.807) is 19.2 Å². The van der Waals surface area contributed by atoms with Gasteiger partial charge in [0.1, 0.15) is 5.75 Å². The minimum absolute atomic E-state index is 0.348. The largest absolute Gasteiger partial charge is 0.496 e. The maximum Gasteiger partial charge on any atom is 0.258 e. The van der Waals surface area contributed by atoms with E-state index in [1.807, 2.05) is 54.6 Å². The zero-order valence-electron chi connectivity index (χ0n) is 14.4. The van der Waals surface area contributed by atoms with Gasteiger partial charge in [-0.15, -0.1) is 0 Å². The number of methoxy groups -OCH3 is 1. The standard InChI is InChI=1S/C21H20N2O3/c1-26-19-13-16(12-15-9-5-6-10-17(15)19)20(24)23-21(25)18(22)11-14-7-3-2-4-8-14/h2-10,12-13,18H,11,22H2,1H3,(H,23,24,25)/t18-/m0/s1. The second-order valence-electron chi connectivity index (χ2n) is 6.01. The summed E-state index contributed by atoms with van der Waals surface area (Å²) in [6.07, 6.45) is 0.362. The lowest BCUT2D eigenvalue weighted by atomic mass is 10.0. The first-order valence-corrected chi connectivity index (χ1v) is 8.30. The van der Waals surface area contributed by atoms with Gasteiger partial charge in [0.05, 0.1) is 13.2 Å². The van der Waals surface area contributed by atoms with Gasteiger partial charge in [0.2, 0.25) is 5.91 Å². The number of nitrogens with two attached hydrogens (primary N) is 1. The second-order valence-corrected chi connectivity index (χ2v) is 6.01. The summed E-state index contributed by atoms with van der Waals surface area (Å²) in [5, 5.41) is 4.13. The molecule has 3 aromatic rings. The Morgan fingerprint density at radius 2 is 1.73 bits per heavy atom. The van der Waals surface area contributed by atoms with Crippen LogP contribution in [0.3, 0.4) is 0 Å². The summed E-state index contributed by atoms with van der Waals surface area (Å²) in [5.74, 6) is -0.428. The topological polar surface area (TPSA) is 81.4 Å². The Kier molecular flexibility index (Phi) is 5.29. The van der Waals surface area contributed by atoms with Crippen molar-refractivity contribution in [3.8, 4) is 5.75 Å². The molecule has 0 spiro atoms. The van der Waals surface area contributed by atoms with Crippen LogP contribution in [0.15, 0.2) is 66.7 Å². The molecule has 5 heteroatoms. The molecule has 0 bridgehead atoms. The monoisotopic (exact) mass is 348 g/mol. The molecule has 0 aliphatic heterocycles. The molecule has 0 aromatic heterocycles. The number of rotatable bonds is 5. The van der Waals surface area contributed by atoms with Crippen LogP contribution in [0, 0.1) is 0 Å². The van der Waals surface area contributed by atoms with Crippen LogP contribution in [-0.4, -0.2) is 25.0 Å². The number of fused-ring (bicyclic) bond motifs is 1. The van der Waals surface area contributed by atoms with E-state index in [9.17, 15) is 9.59 Å². The van der Waals surface area contributed by atoms with Gasteiger partial charge in [-0.05, 0) is 29.5 Å². The Labute approximate surface area is 151 Å². The van der Waals surface area contributed by atoms with E-state index in [0.717, 1.165) is 16.3 Å². The van der Waals surface area contributed by atoms with Crippen LogP contribution in [-0.2, 0) is 11.2 Å². The minimum Gasteiger partial charge on any atom is -0.496 e. The zero-order valence-corrected chi connectivity index (χ0v) is 14.4. The molecule has 0 heterocycles. The van der Waals surface area contributed by atoms with Crippen molar-refractivity contribution >= 4 is 22.6 Å². The van der Waals surface area contributed by atoms with E-state index in [1.165, 1.54) is 0 Å². The van der Waals surface area contributed by atoms with Gasteiger partial charge in [0.25, 0.3) is 5.91 Å². The molecule has 0 saturated carbocycles. The lowest BCUT2D eigenvalue weighted by Crippen LogP contribution is -2.44. The van der Waals surface area contributed by atoms with Gasteiger partial charge < -0.3 is 10.5 Å². The molecule has 3 rings (SSSR count). The van der Waals surface area contributed by atoms with Crippen molar-refractivity contribution in [2.45, 2.75) is 12.5 Å². The van der Waals surface area contributed by atoms with Crippen LogP contribution in [0.1, 0.15) is 15.9 Å². The molecule has 0 unspecified atom stereocenters. The number of imide groups is 1. The molecular formula is C21H20N2O3. The van der Waals surface area contributed by atoms with E-state index in [2.05, 4.69) is 5.32 Å². The summed E-state index contributed by atoms with van der Waals surface area (Å²) in [7, 11) is 1.55. The van der Waals surface area contributed by atoms with E-state index >= 15 is 0 Å². The van der Waals surface area contributed by atoms with E-state index < -0.39 is 17.9 Å². The van der Waals surface area contributed by atoms with Gasteiger partial charge >= 0.3 is 0 Å². The van der Waals surface area contributed by atoms with Gasteiger partial charge in [-0.3, -0.25) is 14.9 Å². The van der Waals surface area contributed by atoms with Crippen molar-refractivity contribution in [1.29, 1.82) is 0 Å². The third-order valence-electron chi connectivity index (χ3n) is 4.18. The summed E-state index contributed by atoms with van der Waals surface area (Å²) in [6, 6.07) is 19.6. The van der Waals surface area contributed by atoms with E-state index in [-0.39, 0.29) is 0 Å². The molecule has 0 radical (unpaired) electrons. The maximum absolute atomic E-state index is 12.5. The molecule has 2 amide bonds. The summed E-state index contributed by atoms with van der Waals surface area (Å²) in [6.45, 7) is 0. The highest BCUT2D eigenvalue weighted by atomic mass is 16.5. The quantitative estimate of drug-likeness (QED) is 0.743. The molecule has 0 fully saturated rings. The van der Waals surface area contributed by atoms with E-state index in [4.69, 9.17) is 10.5 Å². The lowest BCUT2D eigenvalue weighted by molar-refractivity contribution is -0.121. The third-order valence-corrected chi connectivity index (χ3v) is 4.18. The summed E-state index contributed by atoms with van der Waals surface area (Å²) in [4.78, 5) is 24.7. The Morgan fingerprint density at radius 1 is 1.04 bits per heavy atom. The van der Waals surface area contributed by atoms with Crippen LogP contribution >= 0.6 is 0 Å². The van der Waals surface area contributed by atoms with Gasteiger partial charge in [-0.25, -0.2) is 0 Å². The number of carbonyl (C=O) groups excluding carboxylic acids is 2. The predicted molar refractivity (Wildman–Crippen MR) is 101 cm³/mol. The fourth-order valence-corrected chi connectivity index (χ4v) is 2.81. The van der Waals surface area contributed by atoms with Crippen LogP contribution in [0.2, 0.25) is 0 Å². The zero-order chi connectivity index (χ0) is 18.5. The lowest BCUT2D eigenvalue weighted by Gasteiger charge is -2.13. The third kappa shape index (κ3) is 3.90. The number of hydrogen-bond acceptors (Lipinski definition) is 4. The fourth-order valence-electron chi connectivity index (χ4n) is 2.81. The first-order valence-electron chi connectivity index (χ1n) is 8.30. The Hall–Kier alpha value is -3.18. The highest BCUT2D eigenvalue weighted by Crippen LogP contribution is 2.27. The Morgan fingerprint density at radius 3 is 2.46 bits per heavy atom. The first-order chi connectivity index (χ1) is 12.6. The molecule has 3 aromatic carbocycles. The number of hydrogen-bond donors (Lipinski definition) is 2. The maximum atomic E-state index is 12.5. The van der Waals surface area contributed by atoms with Crippen LogP contribution < -0.4 is 15.8 Å². The van der Waals surface area contributed by atoms with Crippen molar-refractivity contribution in [3.05, 3.63) is 77.9 Å². The van der Waals surface area contributed by atoms with Crippen molar-refractivity contribution in [2.24, 2.45) is 5.73 Å². The number of nitrogens with one attached hydrogen (secondary N) is 1. The van der Waals surface area contributed by atoms with Crippen molar-refractivity contribution < 1.29 is 14.3 Å². The molecule has 0 aliphatic carbocycles. The molecule has 26 heavy (non-hydrogen) atoms. The van der Waals surface area contributed by atoms with Crippen molar-refractivity contribution in [3.63, 3.8) is 0 Å². The SMILES string of the molecule is COc1cc(C(=O)NC(=O)[C@@H](N)Cc2ccccc2)cc2ccccc12. The predicted octanol–water partition coefficient (Wildman–Crippen LogP) is 2.67. The number of ether oxygens (including phenoxy) is 1. The smallest absolute Gasteiger partial charge is 0.258 e. The summed E-state index contributed by atoms with van der Waals surface area (Å²) < 4.78 is 5.36. The Balaban J connectivity index is 1.75. The van der Waals surface area contributed by atoms with Crippen LogP contribution in [0.25, 0.3) is 10.8 Å². The fraction of sp³-hybridized carbons (Fsp3) is 0.143. The Bertz CT molecular complexity index is 938. The number of benzene rings is 3. The molecule has 5 nitrogen and oxygen atoms in total. The molecular weight excluding hydrogens is 328 g/mol. The number of amides is 2. The average molecular weight is 348 g/mol. The highest BCUT2D eigenvalue weighted by Gasteiger charge is 2.19. The van der Waals surface area contributed by atoms with Gasteiger partial charge in [0.15, 0.2) is 0 Å². The van der Waals surface area contributed by atoms with Crippen LogP contribution in [0.5, 0.6) is 5.75 Å². The average Bonchev–Trinajstić information content (AvgIpc) is 2.67. The highest BCUT2D eigenvalue weighted by molar-refractivity contribution is 6.08. The summed E-state index contributed by atoms with van der Waals surface area (Å²) >= 11 is 0. The normalized spacial score (nSPS) is 11.8. The molecule has 1 atom stereocenters.